The first-order chi connectivity index (χ1) is 15.5. The van der Waals surface area contributed by atoms with Crippen LogP contribution < -0.4 is 0 Å². The highest BCUT2D eigenvalue weighted by atomic mass is 19.2. The Kier molecular flexibility index (Phi) is 17.4. The van der Waals surface area contributed by atoms with E-state index in [4.69, 9.17) is 0 Å². The fourth-order valence-electron chi connectivity index (χ4n) is 2.12. The lowest BCUT2D eigenvalue weighted by molar-refractivity contribution is 0.503. The van der Waals surface area contributed by atoms with Crippen molar-refractivity contribution in [1.82, 2.24) is 0 Å². The molecule has 0 saturated carbocycles. The van der Waals surface area contributed by atoms with Gasteiger partial charge in [0.1, 0.15) is 11.6 Å². The standard InChI is InChI=1S/C9H10F2.2C7H6F2.2C2H6/c1-6(2)7-3-8(10)5-9(11)4-7;1-5-2-3-6(8)7(9)4-5;1-5-3-2-4-6(8)7(5)9;2*1-2/h3-6H,1-2H3;2*2-4H,1H3;2*1-2H3. The van der Waals surface area contributed by atoms with E-state index in [-0.39, 0.29) is 5.92 Å². The zero-order valence-corrected chi connectivity index (χ0v) is 20.5. The Morgan fingerprint density at radius 1 is 0.576 bits per heavy atom. The summed E-state index contributed by atoms with van der Waals surface area (Å²) in [7, 11) is 0. The number of rotatable bonds is 1. The molecular weight excluding hydrogens is 438 g/mol. The molecule has 0 amide bonds. The van der Waals surface area contributed by atoms with Crippen LogP contribution in [0.4, 0.5) is 26.3 Å². The number of halogens is 6. The van der Waals surface area contributed by atoms with E-state index in [9.17, 15) is 26.3 Å². The second-order valence-corrected chi connectivity index (χ2v) is 6.65. The van der Waals surface area contributed by atoms with Crippen LogP contribution in [0.3, 0.4) is 0 Å². The molecular formula is C27H34F6. The van der Waals surface area contributed by atoms with Gasteiger partial charge in [0.15, 0.2) is 23.3 Å². The maximum absolute atomic E-state index is 12.5. The molecule has 0 N–H and O–H groups in total. The molecule has 0 heterocycles. The minimum Gasteiger partial charge on any atom is -0.207 e. The molecule has 33 heavy (non-hydrogen) atoms. The number of hydrogen-bond acceptors (Lipinski definition) is 0. The van der Waals surface area contributed by atoms with Crippen LogP contribution in [-0.2, 0) is 0 Å². The fraction of sp³-hybridized carbons (Fsp3) is 0.333. The molecule has 0 aliphatic carbocycles. The van der Waals surface area contributed by atoms with Crippen LogP contribution in [0, 0.1) is 48.8 Å². The zero-order valence-electron chi connectivity index (χ0n) is 20.5. The topological polar surface area (TPSA) is 0 Å². The summed E-state index contributed by atoms with van der Waals surface area (Å²) in [5.41, 5.74) is 1.77. The first-order valence-corrected chi connectivity index (χ1v) is 10.8. The van der Waals surface area contributed by atoms with Crippen molar-refractivity contribution in [2.75, 3.05) is 0 Å². The SMILES string of the molecule is CC.CC.CC(C)c1cc(F)cc(F)c1.Cc1ccc(F)c(F)c1.Cc1cccc(F)c1F. The summed E-state index contributed by atoms with van der Waals surface area (Å²) in [4.78, 5) is 0. The van der Waals surface area contributed by atoms with Crippen molar-refractivity contribution in [2.24, 2.45) is 0 Å². The number of benzene rings is 3. The molecule has 0 nitrogen and oxygen atoms in total. The van der Waals surface area contributed by atoms with Crippen LogP contribution >= 0.6 is 0 Å². The Morgan fingerprint density at radius 3 is 1.45 bits per heavy atom. The van der Waals surface area contributed by atoms with Crippen LogP contribution in [0.2, 0.25) is 0 Å². The molecule has 0 atom stereocenters. The second-order valence-electron chi connectivity index (χ2n) is 6.65. The lowest BCUT2D eigenvalue weighted by atomic mass is 10.0. The van der Waals surface area contributed by atoms with E-state index in [1.54, 1.807) is 6.92 Å². The van der Waals surface area contributed by atoms with E-state index >= 15 is 0 Å². The predicted octanol–water partition coefficient (Wildman–Crippen LogP) is 9.69. The van der Waals surface area contributed by atoms with Gasteiger partial charge < -0.3 is 0 Å². The molecule has 0 unspecified atom stereocenters. The average molecular weight is 473 g/mol. The van der Waals surface area contributed by atoms with Crippen LogP contribution in [0.5, 0.6) is 0 Å². The van der Waals surface area contributed by atoms with Gasteiger partial charge in [0, 0.05) is 6.07 Å². The lowest BCUT2D eigenvalue weighted by Crippen LogP contribution is -1.90. The second kappa shape index (κ2) is 17.8. The molecule has 3 aromatic carbocycles. The van der Waals surface area contributed by atoms with Crippen LogP contribution in [0.25, 0.3) is 0 Å². The molecule has 0 bridgehead atoms. The van der Waals surface area contributed by atoms with Gasteiger partial charge in [-0.25, -0.2) is 26.3 Å². The lowest BCUT2D eigenvalue weighted by Gasteiger charge is -2.04. The Hall–Kier alpha value is -2.76. The van der Waals surface area contributed by atoms with Gasteiger partial charge in [-0.2, -0.15) is 0 Å². The Bertz CT molecular complexity index is 895. The van der Waals surface area contributed by atoms with E-state index in [0.717, 1.165) is 29.8 Å². The number of hydrogen-bond donors (Lipinski definition) is 0. The molecule has 0 aliphatic heterocycles. The van der Waals surface area contributed by atoms with Gasteiger partial charge in [-0.3, -0.25) is 0 Å². The first kappa shape index (κ1) is 32.4. The third kappa shape index (κ3) is 13.4. The van der Waals surface area contributed by atoms with Crippen molar-refractivity contribution in [3.63, 3.8) is 0 Å². The molecule has 6 heteroatoms. The van der Waals surface area contributed by atoms with E-state index in [0.29, 0.717) is 11.1 Å². The maximum Gasteiger partial charge on any atom is 0.161 e. The first-order valence-electron chi connectivity index (χ1n) is 10.8. The smallest absolute Gasteiger partial charge is 0.161 e. The van der Waals surface area contributed by atoms with Crippen molar-refractivity contribution in [2.45, 2.75) is 61.3 Å². The maximum atomic E-state index is 12.5. The van der Waals surface area contributed by atoms with Gasteiger partial charge in [0.2, 0.25) is 0 Å². The van der Waals surface area contributed by atoms with E-state index in [1.165, 1.54) is 37.3 Å². The van der Waals surface area contributed by atoms with Crippen molar-refractivity contribution < 1.29 is 26.3 Å². The summed E-state index contributed by atoms with van der Waals surface area (Å²) in [5.74, 6) is -3.95. The minimum atomic E-state index is -0.791. The molecule has 0 radical (unpaired) electrons. The van der Waals surface area contributed by atoms with Crippen molar-refractivity contribution in [3.05, 3.63) is 106 Å². The van der Waals surface area contributed by atoms with E-state index in [2.05, 4.69) is 0 Å². The summed E-state index contributed by atoms with van der Waals surface area (Å²) >= 11 is 0. The molecule has 0 aliphatic rings. The fourth-order valence-corrected chi connectivity index (χ4v) is 2.12. The Balaban J connectivity index is 0. The van der Waals surface area contributed by atoms with E-state index in [1.807, 2.05) is 41.5 Å². The third-order valence-electron chi connectivity index (χ3n) is 3.77. The summed E-state index contributed by atoms with van der Waals surface area (Å²) in [6, 6.07) is 11.5. The van der Waals surface area contributed by atoms with Gasteiger partial charge in [0.05, 0.1) is 0 Å². The highest BCUT2D eigenvalue weighted by Crippen LogP contribution is 2.16. The van der Waals surface area contributed by atoms with Crippen LogP contribution in [0.15, 0.2) is 54.6 Å². The van der Waals surface area contributed by atoms with Gasteiger partial charge >= 0.3 is 0 Å². The van der Waals surface area contributed by atoms with Crippen molar-refractivity contribution in [1.29, 1.82) is 0 Å². The third-order valence-corrected chi connectivity index (χ3v) is 3.77. The summed E-state index contributed by atoms with van der Waals surface area (Å²) in [6.07, 6.45) is 0. The summed E-state index contributed by atoms with van der Waals surface area (Å²) in [6.45, 7) is 15.0. The van der Waals surface area contributed by atoms with Crippen LogP contribution in [0.1, 0.15) is 64.2 Å². The van der Waals surface area contributed by atoms with Crippen molar-refractivity contribution in [3.8, 4) is 0 Å². The summed E-state index contributed by atoms with van der Waals surface area (Å²) < 4.78 is 74.0. The molecule has 0 aromatic heterocycles. The van der Waals surface area contributed by atoms with Gasteiger partial charge in [-0.05, 0) is 66.8 Å². The molecule has 0 spiro atoms. The zero-order chi connectivity index (χ0) is 26.1. The van der Waals surface area contributed by atoms with Gasteiger partial charge in [-0.15, -0.1) is 0 Å². The minimum absolute atomic E-state index is 0.167. The Morgan fingerprint density at radius 2 is 1.09 bits per heavy atom. The molecule has 0 saturated heterocycles. The highest BCUT2D eigenvalue weighted by molar-refractivity contribution is 5.20. The van der Waals surface area contributed by atoms with Crippen LogP contribution in [-0.4, -0.2) is 0 Å². The number of aryl methyl sites for hydroxylation is 2. The predicted molar refractivity (Wildman–Crippen MR) is 125 cm³/mol. The average Bonchev–Trinajstić information content (AvgIpc) is 2.78. The largest absolute Gasteiger partial charge is 0.207 e. The highest BCUT2D eigenvalue weighted by Gasteiger charge is 2.03. The molecule has 3 rings (SSSR count). The molecule has 3 aromatic rings. The molecule has 184 valence electrons. The van der Waals surface area contributed by atoms with E-state index < -0.39 is 34.9 Å². The summed E-state index contributed by atoms with van der Waals surface area (Å²) in [5, 5.41) is 0. The van der Waals surface area contributed by atoms with Crippen molar-refractivity contribution >= 4 is 0 Å². The molecule has 0 fully saturated rings. The quantitative estimate of drug-likeness (QED) is 0.309. The van der Waals surface area contributed by atoms with Gasteiger partial charge in [0.25, 0.3) is 0 Å². The Labute approximate surface area is 194 Å². The normalized spacial score (nSPS) is 9.18. The van der Waals surface area contributed by atoms with Gasteiger partial charge in [-0.1, -0.05) is 59.7 Å². The monoisotopic (exact) mass is 472 g/mol.